The van der Waals surface area contributed by atoms with Crippen LogP contribution in [0.25, 0.3) is 5.57 Å². The first-order chi connectivity index (χ1) is 28.1. The van der Waals surface area contributed by atoms with Crippen molar-refractivity contribution in [3.8, 4) is 11.5 Å². The number of fused-ring (bicyclic) bond motifs is 1. The van der Waals surface area contributed by atoms with Crippen LogP contribution in [0.15, 0.2) is 70.0 Å². The maximum absolute atomic E-state index is 13.1. The molecule has 0 aliphatic carbocycles. The summed E-state index contributed by atoms with van der Waals surface area (Å²) < 4.78 is 16.3. The topological polar surface area (TPSA) is 196 Å². The molecule has 17 heteroatoms. The number of likely N-dealkylation sites (tertiary alicyclic amines) is 1. The van der Waals surface area contributed by atoms with Crippen molar-refractivity contribution in [1.29, 1.82) is 5.41 Å². The zero-order valence-corrected chi connectivity index (χ0v) is 34.1. The number of carbonyl (C=O) groups excluding carboxylic acids is 3. The quantitative estimate of drug-likeness (QED) is 0.0790. The van der Waals surface area contributed by atoms with Crippen LogP contribution in [0.5, 0.6) is 11.5 Å². The van der Waals surface area contributed by atoms with Gasteiger partial charge in [0.25, 0.3) is 5.91 Å². The second kappa shape index (κ2) is 19.9. The molecular formula is C41H53N11O5S. The van der Waals surface area contributed by atoms with Crippen LogP contribution in [0.2, 0.25) is 0 Å². The van der Waals surface area contributed by atoms with E-state index < -0.39 is 6.04 Å². The number of nitrogens with one attached hydrogen (secondary N) is 3. The molecule has 2 aromatic carbocycles. The average molecular weight is 812 g/mol. The molecule has 5 N–H and O–H groups in total. The number of nitrogens with zero attached hydrogens (tertiary/aromatic N) is 7. The van der Waals surface area contributed by atoms with E-state index in [0.717, 1.165) is 79.8 Å². The number of ether oxygens (including phenoxy) is 2. The Morgan fingerprint density at radius 3 is 2.67 bits per heavy atom. The second-order valence-electron chi connectivity index (χ2n) is 14.7. The number of carbonyl (C=O) groups is 3. The summed E-state index contributed by atoms with van der Waals surface area (Å²) in [6, 6.07) is 13.8. The van der Waals surface area contributed by atoms with Crippen molar-refractivity contribution >= 4 is 48.6 Å². The molecule has 1 atom stereocenters. The monoisotopic (exact) mass is 811 g/mol. The third-order valence-corrected chi connectivity index (χ3v) is 11.4. The SMILES string of the molecule is C=Nn1cnc(/C(C=N)=C/N)c(OC(C)C)/c1=N/CNC1CCN(Sc2cccc(OC3CN(Cc4ccc5c(c4)CN(C(C=O)CCC(=O)NC)C5=O)C3)c2)CC1. The van der Waals surface area contributed by atoms with Crippen LogP contribution in [0.3, 0.4) is 0 Å². The summed E-state index contributed by atoms with van der Waals surface area (Å²) >= 11 is 1.74. The molecule has 3 aliphatic heterocycles. The zero-order valence-electron chi connectivity index (χ0n) is 33.3. The van der Waals surface area contributed by atoms with E-state index >= 15 is 0 Å². The summed E-state index contributed by atoms with van der Waals surface area (Å²) in [4.78, 5) is 50.7. The summed E-state index contributed by atoms with van der Waals surface area (Å²) in [5, 5.41) is 17.9. The zero-order chi connectivity index (χ0) is 41.2. The molecule has 4 heterocycles. The van der Waals surface area contributed by atoms with E-state index in [1.165, 1.54) is 17.2 Å². The largest absolute Gasteiger partial charge is 0.488 e. The molecule has 3 aromatic rings. The Kier molecular flexibility index (Phi) is 14.5. The highest BCUT2D eigenvalue weighted by Crippen LogP contribution is 2.31. The first-order valence-electron chi connectivity index (χ1n) is 19.6. The van der Waals surface area contributed by atoms with Gasteiger partial charge in [0.1, 0.15) is 30.2 Å². The van der Waals surface area contributed by atoms with Crippen molar-refractivity contribution in [2.45, 2.75) is 81.8 Å². The molecule has 1 unspecified atom stereocenters. The molecule has 2 saturated heterocycles. The molecular weight excluding hydrogens is 759 g/mol. The molecule has 308 valence electrons. The minimum Gasteiger partial charge on any atom is -0.488 e. The normalized spacial score (nSPS) is 17.5. The van der Waals surface area contributed by atoms with Gasteiger partial charge in [-0.25, -0.2) is 19.0 Å². The number of amides is 2. The van der Waals surface area contributed by atoms with Gasteiger partial charge in [-0.1, -0.05) is 18.2 Å². The Labute approximate surface area is 343 Å². The van der Waals surface area contributed by atoms with Crippen LogP contribution in [0.4, 0.5) is 0 Å². The van der Waals surface area contributed by atoms with Gasteiger partial charge < -0.3 is 35.6 Å². The van der Waals surface area contributed by atoms with Gasteiger partial charge in [-0.15, -0.1) is 0 Å². The smallest absolute Gasteiger partial charge is 0.255 e. The Morgan fingerprint density at radius 1 is 1.19 bits per heavy atom. The fraction of sp³-hybridized carbons (Fsp3) is 0.439. The molecule has 6 rings (SSSR count). The number of rotatable bonds is 19. The molecule has 2 fully saturated rings. The predicted octanol–water partition coefficient (Wildman–Crippen LogP) is 3.02. The minimum atomic E-state index is -0.630. The lowest BCUT2D eigenvalue weighted by Gasteiger charge is -2.39. The predicted molar refractivity (Wildman–Crippen MR) is 224 cm³/mol. The lowest BCUT2D eigenvalue weighted by atomic mass is 10.0. The van der Waals surface area contributed by atoms with Crippen LogP contribution in [0.1, 0.15) is 66.7 Å². The van der Waals surface area contributed by atoms with E-state index in [4.69, 9.17) is 25.6 Å². The number of allylic oxidation sites excluding steroid dienone is 1. The number of piperidine rings is 1. The van der Waals surface area contributed by atoms with Gasteiger partial charge in [-0.2, -0.15) is 5.10 Å². The van der Waals surface area contributed by atoms with E-state index in [0.29, 0.717) is 47.7 Å². The highest BCUT2D eigenvalue weighted by molar-refractivity contribution is 7.97. The number of hydrogen-bond acceptors (Lipinski definition) is 14. The highest BCUT2D eigenvalue weighted by Gasteiger charge is 2.34. The van der Waals surface area contributed by atoms with E-state index in [-0.39, 0.29) is 36.5 Å². The first kappa shape index (κ1) is 42.3. The number of hydrogen-bond donors (Lipinski definition) is 4. The fourth-order valence-corrected chi connectivity index (χ4v) is 8.22. The molecule has 0 saturated carbocycles. The third-order valence-electron chi connectivity index (χ3n) is 10.3. The van der Waals surface area contributed by atoms with Crippen molar-refractivity contribution in [2.75, 3.05) is 39.9 Å². The van der Waals surface area contributed by atoms with E-state index in [1.807, 2.05) is 38.1 Å². The van der Waals surface area contributed by atoms with Crippen LogP contribution >= 0.6 is 11.9 Å². The molecule has 16 nitrogen and oxygen atoms in total. The molecule has 0 spiro atoms. The van der Waals surface area contributed by atoms with Crippen LogP contribution in [-0.4, -0.2) is 119 Å². The van der Waals surface area contributed by atoms with Crippen molar-refractivity contribution in [1.82, 2.24) is 34.4 Å². The maximum atomic E-state index is 13.1. The summed E-state index contributed by atoms with van der Waals surface area (Å²) in [6.45, 7) is 12.3. The lowest BCUT2D eigenvalue weighted by molar-refractivity contribution is -0.121. The van der Waals surface area contributed by atoms with Crippen molar-refractivity contribution < 1.29 is 23.9 Å². The molecule has 1 aromatic heterocycles. The van der Waals surface area contributed by atoms with Gasteiger partial charge in [0, 0.05) is 93.9 Å². The first-order valence-corrected chi connectivity index (χ1v) is 20.3. The molecule has 58 heavy (non-hydrogen) atoms. The third kappa shape index (κ3) is 10.4. The number of benzene rings is 2. The van der Waals surface area contributed by atoms with E-state index in [9.17, 15) is 14.4 Å². The van der Waals surface area contributed by atoms with Crippen molar-refractivity contribution in [2.24, 2.45) is 15.8 Å². The fourth-order valence-electron chi connectivity index (χ4n) is 7.22. The molecule has 0 radical (unpaired) electrons. The Hall–Kier alpha value is -5.36. The summed E-state index contributed by atoms with van der Waals surface area (Å²) in [7, 11) is 1.56. The summed E-state index contributed by atoms with van der Waals surface area (Å²) in [6.07, 6.45) is 7.03. The lowest BCUT2D eigenvalue weighted by Crippen LogP contribution is -2.53. The van der Waals surface area contributed by atoms with Crippen LogP contribution < -0.4 is 31.3 Å². The van der Waals surface area contributed by atoms with Crippen LogP contribution in [0, 0.1) is 5.41 Å². The van der Waals surface area contributed by atoms with Gasteiger partial charge in [0.15, 0.2) is 11.2 Å². The Balaban J connectivity index is 0.950. The Morgan fingerprint density at radius 2 is 1.98 bits per heavy atom. The number of aromatic nitrogens is 2. The van der Waals surface area contributed by atoms with Gasteiger partial charge in [0.05, 0.1) is 18.8 Å². The molecule has 3 aliphatic rings. The van der Waals surface area contributed by atoms with Gasteiger partial charge in [-0.3, -0.25) is 19.8 Å². The van der Waals surface area contributed by atoms with E-state index in [2.05, 4.69) is 54.8 Å². The molecule has 0 bridgehead atoms. The summed E-state index contributed by atoms with van der Waals surface area (Å²) in [5.41, 5.74) is 9.68. The number of nitrogens with two attached hydrogens (primary N) is 1. The standard InChI is InChI=1S/C41H53N11O5S/c1-27(2)56-39-38(30(18-42)19-43)48-26-52(45-4)40(39)47-25-46-31-12-14-50(15-13-31)58-35-7-5-6-33(17-35)57-34-22-49(23-34)20-28-8-10-36-29(16-28)21-51(41(36)55)32(24-53)9-11-37(54)44-3/h5-8,10,16-19,24,26-27,31-32,34,42,46H,4,9,11-15,20-23,25,43H2,1-3H3,(H,44,54)/b30-19+,42-18?,47-40-. The van der Waals surface area contributed by atoms with Crippen molar-refractivity contribution in [3.05, 3.63) is 82.9 Å². The highest BCUT2D eigenvalue weighted by atomic mass is 32.2. The summed E-state index contributed by atoms with van der Waals surface area (Å²) in [5.74, 6) is 0.929. The number of aldehydes is 1. The second-order valence-corrected chi connectivity index (χ2v) is 15.9. The van der Waals surface area contributed by atoms with E-state index in [1.54, 1.807) is 23.9 Å². The average Bonchev–Trinajstić information content (AvgIpc) is 3.53. The van der Waals surface area contributed by atoms with Gasteiger partial charge in [0.2, 0.25) is 5.91 Å². The van der Waals surface area contributed by atoms with Gasteiger partial charge in [-0.05, 0) is 80.5 Å². The van der Waals surface area contributed by atoms with Crippen molar-refractivity contribution in [3.63, 3.8) is 0 Å². The maximum Gasteiger partial charge on any atom is 0.255 e. The van der Waals surface area contributed by atoms with Crippen LogP contribution in [-0.2, 0) is 22.7 Å². The Bertz CT molecular complexity index is 2070. The molecule has 2 amide bonds. The van der Waals surface area contributed by atoms with Gasteiger partial charge >= 0.3 is 0 Å². The minimum absolute atomic E-state index is 0.0892.